The quantitative estimate of drug-likeness (QED) is 0.640. The first-order valence-corrected chi connectivity index (χ1v) is 5.87. The number of rotatable bonds is 4. The van der Waals surface area contributed by atoms with E-state index in [0.717, 1.165) is 12.8 Å². The first-order valence-electron chi connectivity index (χ1n) is 3.72. The summed E-state index contributed by atoms with van der Waals surface area (Å²) in [6.45, 7) is 0.700. The SMILES string of the molecule is COCC1(CS(=O)Cl)CCC1. The van der Waals surface area contributed by atoms with E-state index in [-0.39, 0.29) is 5.41 Å². The zero-order valence-electron chi connectivity index (χ0n) is 6.64. The predicted octanol–water partition coefficient (Wildman–Crippen LogP) is 1.71. The zero-order valence-corrected chi connectivity index (χ0v) is 8.21. The molecular formula is C7H13ClO2S. The van der Waals surface area contributed by atoms with Crippen molar-refractivity contribution < 1.29 is 8.95 Å². The van der Waals surface area contributed by atoms with Gasteiger partial charge in [-0.25, -0.2) is 4.21 Å². The fourth-order valence-corrected chi connectivity index (χ4v) is 3.10. The maximum Gasteiger partial charge on any atom is 0.115 e. The minimum absolute atomic E-state index is 0.140. The summed E-state index contributed by atoms with van der Waals surface area (Å²) in [6, 6.07) is 0. The van der Waals surface area contributed by atoms with E-state index >= 15 is 0 Å². The lowest BCUT2D eigenvalue weighted by molar-refractivity contribution is 0.0367. The molecule has 0 aromatic rings. The molecule has 0 saturated heterocycles. The molecule has 1 saturated carbocycles. The van der Waals surface area contributed by atoms with Gasteiger partial charge in [0.25, 0.3) is 0 Å². The van der Waals surface area contributed by atoms with E-state index in [9.17, 15) is 4.21 Å². The van der Waals surface area contributed by atoms with Gasteiger partial charge in [0.05, 0.1) is 6.61 Å². The molecular weight excluding hydrogens is 184 g/mol. The lowest BCUT2D eigenvalue weighted by Crippen LogP contribution is -2.38. The highest BCUT2D eigenvalue weighted by Gasteiger charge is 2.38. The fourth-order valence-electron chi connectivity index (χ4n) is 1.55. The van der Waals surface area contributed by atoms with Crippen molar-refractivity contribution in [3.63, 3.8) is 0 Å². The van der Waals surface area contributed by atoms with Gasteiger partial charge in [0, 0.05) is 18.3 Å². The van der Waals surface area contributed by atoms with E-state index in [1.54, 1.807) is 7.11 Å². The van der Waals surface area contributed by atoms with E-state index in [1.807, 2.05) is 0 Å². The average Bonchev–Trinajstić information content (AvgIpc) is 1.82. The normalized spacial score (nSPS) is 24.2. The third kappa shape index (κ3) is 2.42. The molecule has 11 heavy (non-hydrogen) atoms. The molecule has 66 valence electrons. The van der Waals surface area contributed by atoms with Crippen LogP contribution in [0.15, 0.2) is 0 Å². The summed E-state index contributed by atoms with van der Waals surface area (Å²) in [7, 11) is 5.91. The van der Waals surface area contributed by atoms with Crippen LogP contribution >= 0.6 is 10.7 Å². The molecule has 0 radical (unpaired) electrons. The van der Waals surface area contributed by atoms with Gasteiger partial charge in [-0.1, -0.05) is 6.42 Å². The van der Waals surface area contributed by atoms with E-state index in [0.29, 0.717) is 12.4 Å². The van der Waals surface area contributed by atoms with Crippen LogP contribution in [0.5, 0.6) is 0 Å². The van der Waals surface area contributed by atoms with Gasteiger partial charge in [0.1, 0.15) is 10.0 Å². The lowest BCUT2D eigenvalue weighted by atomic mass is 9.71. The van der Waals surface area contributed by atoms with Gasteiger partial charge < -0.3 is 4.74 Å². The summed E-state index contributed by atoms with van der Waals surface area (Å²) in [4.78, 5) is 0. The molecule has 0 aromatic carbocycles. The van der Waals surface area contributed by atoms with Crippen molar-refractivity contribution in [2.24, 2.45) is 5.41 Å². The molecule has 1 rings (SSSR count). The molecule has 2 nitrogen and oxygen atoms in total. The van der Waals surface area contributed by atoms with Gasteiger partial charge in [-0.15, -0.1) is 0 Å². The minimum atomic E-state index is -1.19. The Hall–Kier alpha value is 0.400. The molecule has 4 heteroatoms. The second kappa shape index (κ2) is 3.87. The average molecular weight is 197 g/mol. The summed E-state index contributed by atoms with van der Waals surface area (Å²) in [5.74, 6) is 0.586. The van der Waals surface area contributed by atoms with Crippen molar-refractivity contribution in [2.45, 2.75) is 19.3 Å². The van der Waals surface area contributed by atoms with Crippen LogP contribution in [-0.4, -0.2) is 23.7 Å². The Morgan fingerprint density at radius 1 is 1.64 bits per heavy atom. The number of halogens is 1. The predicted molar refractivity (Wildman–Crippen MR) is 47.0 cm³/mol. The minimum Gasteiger partial charge on any atom is -0.384 e. The highest BCUT2D eigenvalue weighted by molar-refractivity contribution is 8.08. The van der Waals surface area contributed by atoms with Crippen LogP contribution < -0.4 is 0 Å². The van der Waals surface area contributed by atoms with Gasteiger partial charge in [-0.3, -0.25) is 0 Å². The Balaban J connectivity index is 2.39. The Morgan fingerprint density at radius 2 is 2.27 bits per heavy atom. The third-order valence-corrected chi connectivity index (χ3v) is 3.45. The highest BCUT2D eigenvalue weighted by atomic mass is 35.7. The Kier molecular flexibility index (Phi) is 3.34. The van der Waals surface area contributed by atoms with E-state index in [2.05, 4.69) is 0 Å². The number of methoxy groups -OCH3 is 1. The van der Waals surface area contributed by atoms with Crippen LogP contribution in [0.25, 0.3) is 0 Å². The van der Waals surface area contributed by atoms with E-state index in [4.69, 9.17) is 15.4 Å². The summed E-state index contributed by atoms with van der Waals surface area (Å²) in [6.07, 6.45) is 3.44. The topological polar surface area (TPSA) is 26.3 Å². The van der Waals surface area contributed by atoms with Gasteiger partial charge in [-0.05, 0) is 23.5 Å². The third-order valence-electron chi connectivity index (χ3n) is 2.28. The smallest absolute Gasteiger partial charge is 0.115 e. The molecule has 1 unspecified atom stereocenters. The van der Waals surface area contributed by atoms with Crippen molar-refractivity contribution in [1.29, 1.82) is 0 Å². The molecule has 0 N–H and O–H groups in total. The van der Waals surface area contributed by atoms with Gasteiger partial charge >= 0.3 is 0 Å². The van der Waals surface area contributed by atoms with Crippen molar-refractivity contribution >= 4 is 20.7 Å². The molecule has 0 spiro atoms. The summed E-state index contributed by atoms with van der Waals surface area (Å²) in [5.41, 5.74) is 0.140. The molecule has 1 aliphatic carbocycles. The van der Waals surface area contributed by atoms with E-state index < -0.39 is 10.0 Å². The molecule has 1 fully saturated rings. The van der Waals surface area contributed by atoms with Gasteiger partial charge in [-0.2, -0.15) is 0 Å². The lowest BCUT2D eigenvalue weighted by Gasteiger charge is -2.40. The number of hydrogen-bond donors (Lipinski definition) is 0. The fraction of sp³-hybridized carbons (Fsp3) is 1.00. The molecule has 0 bridgehead atoms. The maximum absolute atomic E-state index is 10.7. The van der Waals surface area contributed by atoms with Crippen LogP contribution in [-0.2, 0) is 14.7 Å². The Morgan fingerprint density at radius 3 is 2.55 bits per heavy atom. The van der Waals surface area contributed by atoms with Gasteiger partial charge in [0.15, 0.2) is 0 Å². The summed E-state index contributed by atoms with van der Waals surface area (Å²) < 4.78 is 15.8. The molecule has 1 atom stereocenters. The largest absolute Gasteiger partial charge is 0.384 e. The van der Waals surface area contributed by atoms with Crippen LogP contribution in [0.3, 0.4) is 0 Å². The number of ether oxygens (including phenoxy) is 1. The molecule has 0 heterocycles. The second-order valence-electron chi connectivity index (χ2n) is 3.22. The molecule has 1 aliphatic rings. The van der Waals surface area contributed by atoms with Crippen LogP contribution in [0.4, 0.5) is 0 Å². The van der Waals surface area contributed by atoms with Crippen molar-refractivity contribution in [3.8, 4) is 0 Å². The first kappa shape index (κ1) is 9.49. The molecule has 0 aliphatic heterocycles. The Labute approximate surface area is 74.2 Å². The molecule has 0 amide bonds. The highest BCUT2D eigenvalue weighted by Crippen LogP contribution is 2.42. The van der Waals surface area contributed by atoms with Crippen molar-refractivity contribution in [3.05, 3.63) is 0 Å². The van der Waals surface area contributed by atoms with E-state index in [1.165, 1.54) is 6.42 Å². The maximum atomic E-state index is 10.7. The summed E-state index contributed by atoms with van der Waals surface area (Å²) in [5, 5.41) is 0. The van der Waals surface area contributed by atoms with Crippen LogP contribution in [0, 0.1) is 5.41 Å². The Bertz CT molecular complexity index is 157. The van der Waals surface area contributed by atoms with Crippen LogP contribution in [0.2, 0.25) is 0 Å². The summed E-state index contributed by atoms with van der Waals surface area (Å²) >= 11 is 0. The first-order chi connectivity index (χ1) is 5.18. The molecule has 0 aromatic heterocycles. The monoisotopic (exact) mass is 196 g/mol. The number of hydrogen-bond acceptors (Lipinski definition) is 2. The standard InChI is InChI=1S/C7H13ClO2S/c1-10-5-7(3-2-4-7)6-11(8)9/h2-6H2,1H3. The zero-order chi connectivity index (χ0) is 8.32. The van der Waals surface area contributed by atoms with Crippen molar-refractivity contribution in [1.82, 2.24) is 0 Å². The van der Waals surface area contributed by atoms with Gasteiger partial charge in [0.2, 0.25) is 0 Å². The second-order valence-corrected chi connectivity index (χ2v) is 5.12. The van der Waals surface area contributed by atoms with Crippen LogP contribution in [0.1, 0.15) is 19.3 Å². The van der Waals surface area contributed by atoms with Crippen molar-refractivity contribution in [2.75, 3.05) is 19.5 Å².